The van der Waals surface area contributed by atoms with Crippen molar-refractivity contribution in [2.75, 3.05) is 13.2 Å². The first-order chi connectivity index (χ1) is 7.47. The summed E-state index contributed by atoms with van der Waals surface area (Å²) in [4.78, 5) is 3.58. The number of rotatable bonds is 2. The Morgan fingerprint density at radius 2 is 2.12 bits per heavy atom. The second kappa shape index (κ2) is 3.97. The van der Waals surface area contributed by atoms with E-state index in [9.17, 15) is 13.2 Å². The molecule has 0 bridgehead atoms. The lowest BCUT2D eigenvalue weighted by Crippen LogP contribution is -2.39. The topological polar surface area (TPSA) is 31.4 Å². The molecule has 2 heterocycles. The molecule has 84 valence electrons. The summed E-state index contributed by atoms with van der Waals surface area (Å²) >= 11 is 0. The summed E-state index contributed by atoms with van der Waals surface area (Å²) < 4.78 is 47.7. The van der Waals surface area contributed by atoms with Crippen LogP contribution in [0.2, 0.25) is 0 Å². The lowest BCUT2D eigenvalue weighted by Gasteiger charge is -2.27. The van der Waals surface area contributed by atoms with E-state index in [2.05, 4.69) is 4.98 Å². The monoisotopic (exact) mass is 229 g/mol. The first-order valence-corrected chi connectivity index (χ1v) is 4.54. The Hall–Kier alpha value is -1.24. The van der Waals surface area contributed by atoms with Crippen LogP contribution in [-0.2, 0) is 10.9 Å². The average Bonchev–Trinajstić information content (AvgIpc) is 2.11. The van der Waals surface area contributed by atoms with E-state index in [-0.39, 0.29) is 17.4 Å². The molecule has 3 nitrogen and oxygen atoms in total. The number of pyridine rings is 1. The Labute approximate surface area is 91.0 Å². The Kier molecular flexibility index (Phi) is 2.79. The van der Waals surface area contributed by atoms with E-state index in [0.29, 0.717) is 13.2 Å². The molecule has 0 atom stereocenters. The molecular weight excluding hydrogens is 222 g/mol. The van der Waals surface area contributed by atoms with Crippen molar-refractivity contribution in [3.63, 3.8) is 0 Å². The Morgan fingerprint density at radius 1 is 1.44 bits per heavy atom. The van der Waals surface area contributed by atoms with Crippen molar-refractivity contribution in [2.24, 2.45) is 0 Å². The minimum absolute atomic E-state index is 0.190. The molecule has 16 heavy (non-hydrogen) atoms. The first kappa shape index (κ1) is 11.3. The predicted molar refractivity (Wildman–Crippen MR) is 49.9 cm³/mol. The van der Waals surface area contributed by atoms with E-state index in [1.165, 1.54) is 0 Å². The third-order valence-electron chi connectivity index (χ3n) is 2.10. The van der Waals surface area contributed by atoms with Gasteiger partial charge in [0.25, 0.3) is 0 Å². The molecule has 1 saturated heterocycles. The summed E-state index contributed by atoms with van der Waals surface area (Å²) in [5.41, 5.74) is -1.10. The molecular formula is C9H7BF3NO2. The number of hydrogen-bond acceptors (Lipinski definition) is 3. The van der Waals surface area contributed by atoms with Crippen LogP contribution in [0.15, 0.2) is 12.3 Å². The second-order valence-corrected chi connectivity index (χ2v) is 3.38. The highest BCUT2D eigenvalue weighted by Gasteiger charge is 2.36. The van der Waals surface area contributed by atoms with Crippen LogP contribution >= 0.6 is 0 Å². The third kappa shape index (κ3) is 2.29. The lowest BCUT2D eigenvalue weighted by atomic mass is 10.0. The molecule has 0 amide bonds. The predicted octanol–water partition coefficient (Wildman–Crippen LogP) is 0.672. The fraction of sp³-hybridized carbons (Fsp3) is 0.444. The van der Waals surface area contributed by atoms with Gasteiger partial charge in [-0.3, -0.25) is 4.98 Å². The highest BCUT2D eigenvalue weighted by molar-refractivity contribution is 6.30. The van der Waals surface area contributed by atoms with E-state index in [1.807, 2.05) is 0 Å². The number of alkyl halides is 3. The van der Waals surface area contributed by atoms with Crippen molar-refractivity contribution in [1.82, 2.24) is 4.98 Å². The number of halogens is 3. The second-order valence-electron chi connectivity index (χ2n) is 3.38. The van der Waals surface area contributed by atoms with Crippen LogP contribution in [0, 0.1) is 0 Å². The van der Waals surface area contributed by atoms with E-state index < -0.39 is 11.7 Å². The van der Waals surface area contributed by atoms with Crippen LogP contribution in [0.25, 0.3) is 0 Å². The Balaban J connectivity index is 2.28. The quantitative estimate of drug-likeness (QED) is 0.698. The first-order valence-electron chi connectivity index (χ1n) is 4.54. The maximum absolute atomic E-state index is 12.6. The molecule has 1 aliphatic rings. The maximum Gasteiger partial charge on any atom is 0.420 e. The summed E-state index contributed by atoms with van der Waals surface area (Å²) in [5.74, 6) is -0.310. The molecule has 7 heteroatoms. The summed E-state index contributed by atoms with van der Waals surface area (Å²) in [6.07, 6.45) is -3.86. The van der Waals surface area contributed by atoms with Gasteiger partial charge in [-0.05, 0) is 11.7 Å². The van der Waals surface area contributed by atoms with Gasteiger partial charge < -0.3 is 9.47 Å². The number of nitrogens with zero attached hydrogens (tertiary/aromatic N) is 1. The van der Waals surface area contributed by atoms with Gasteiger partial charge in [-0.15, -0.1) is 0 Å². The molecule has 0 spiro atoms. The molecule has 2 radical (unpaired) electrons. The van der Waals surface area contributed by atoms with Crippen LogP contribution < -0.4 is 10.3 Å². The van der Waals surface area contributed by atoms with E-state index in [4.69, 9.17) is 17.3 Å². The highest BCUT2D eigenvalue weighted by Crippen LogP contribution is 2.35. The minimum Gasteiger partial charge on any atom is -0.483 e. The van der Waals surface area contributed by atoms with Crippen molar-refractivity contribution in [1.29, 1.82) is 0 Å². The molecule has 1 aromatic rings. The molecule has 1 aliphatic heterocycles. The van der Waals surface area contributed by atoms with Crippen LogP contribution in [0.5, 0.6) is 5.75 Å². The Morgan fingerprint density at radius 3 is 2.62 bits per heavy atom. The fourth-order valence-corrected chi connectivity index (χ4v) is 1.24. The summed E-state index contributed by atoms with van der Waals surface area (Å²) in [6.45, 7) is 0.587. The zero-order valence-electron chi connectivity index (χ0n) is 8.12. The molecule has 0 saturated carbocycles. The summed E-state index contributed by atoms with van der Waals surface area (Å²) in [7, 11) is 5.21. The van der Waals surface area contributed by atoms with Gasteiger partial charge in [0, 0.05) is 0 Å². The van der Waals surface area contributed by atoms with E-state index in [1.54, 1.807) is 0 Å². The lowest BCUT2D eigenvalue weighted by molar-refractivity contribution is -0.141. The fourth-order valence-electron chi connectivity index (χ4n) is 1.24. The van der Waals surface area contributed by atoms with E-state index in [0.717, 1.165) is 12.3 Å². The van der Waals surface area contributed by atoms with Crippen molar-refractivity contribution < 1.29 is 22.6 Å². The van der Waals surface area contributed by atoms with Crippen molar-refractivity contribution in [3.8, 4) is 5.75 Å². The van der Waals surface area contributed by atoms with Crippen LogP contribution in [0.3, 0.4) is 0 Å². The largest absolute Gasteiger partial charge is 0.483 e. The van der Waals surface area contributed by atoms with Gasteiger partial charge in [-0.2, -0.15) is 13.2 Å². The maximum atomic E-state index is 12.6. The van der Waals surface area contributed by atoms with Crippen molar-refractivity contribution in [2.45, 2.75) is 12.3 Å². The number of ether oxygens (including phenoxy) is 2. The van der Waals surface area contributed by atoms with Gasteiger partial charge in [-0.25, -0.2) is 0 Å². The molecule has 2 rings (SSSR count). The molecule has 0 N–H and O–H groups in total. The van der Waals surface area contributed by atoms with Gasteiger partial charge in [0.1, 0.15) is 19.7 Å². The van der Waals surface area contributed by atoms with E-state index >= 15 is 0 Å². The van der Waals surface area contributed by atoms with Crippen LogP contribution in [0.1, 0.15) is 5.56 Å². The Bertz CT molecular complexity index is 393. The average molecular weight is 229 g/mol. The highest BCUT2D eigenvalue weighted by atomic mass is 19.4. The van der Waals surface area contributed by atoms with Crippen molar-refractivity contribution in [3.05, 3.63) is 17.8 Å². The summed E-state index contributed by atoms with van der Waals surface area (Å²) in [6, 6.07) is 0.759. The number of hydrogen-bond donors (Lipinski definition) is 0. The standard InChI is InChI=1S/C9H7BF3NO2/c10-8-1-6(9(11,12)13)7(2-14-8)16-5-3-15-4-5/h1-2,5H,3-4H2. The molecule has 1 aromatic heterocycles. The summed E-state index contributed by atoms with van der Waals surface area (Å²) in [5, 5.41) is 0. The van der Waals surface area contributed by atoms with Gasteiger partial charge >= 0.3 is 6.18 Å². The minimum atomic E-state index is -4.50. The molecule has 0 aliphatic carbocycles. The van der Waals surface area contributed by atoms with Gasteiger partial charge in [-0.1, -0.05) is 0 Å². The third-order valence-corrected chi connectivity index (χ3v) is 2.10. The normalized spacial score (nSPS) is 16.9. The number of aromatic nitrogens is 1. The van der Waals surface area contributed by atoms with Crippen LogP contribution in [0.4, 0.5) is 13.2 Å². The zero-order chi connectivity index (χ0) is 11.8. The van der Waals surface area contributed by atoms with Crippen molar-refractivity contribution >= 4 is 13.4 Å². The zero-order valence-corrected chi connectivity index (χ0v) is 8.12. The van der Waals surface area contributed by atoms with Gasteiger partial charge in [0.2, 0.25) is 0 Å². The SMILES string of the molecule is [B]c1cc(C(F)(F)F)c(OC2COC2)cn1. The van der Waals surface area contributed by atoms with Crippen LogP contribution in [-0.4, -0.2) is 32.1 Å². The molecule has 0 aromatic carbocycles. The smallest absolute Gasteiger partial charge is 0.420 e. The van der Waals surface area contributed by atoms with Gasteiger partial charge in [0.15, 0.2) is 0 Å². The van der Waals surface area contributed by atoms with Gasteiger partial charge in [0.05, 0.1) is 25.0 Å². The molecule has 0 unspecified atom stereocenters. The molecule has 1 fully saturated rings.